The van der Waals surface area contributed by atoms with Crippen LogP contribution in [0.2, 0.25) is 0 Å². The number of methoxy groups -OCH3 is 1. The van der Waals surface area contributed by atoms with E-state index in [9.17, 15) is 9.59 Å². The Morgan fingerprint density at radius 3 is 1.60 bits per heavy atom. The third kappa shape index (κ3) is 7.18. The molecule has 0 bridgehead atoms. The highest BCUT2D eigenvalue weighted by molar-refractivity contribution is 5.82. The van der Waals surface area contributed by atoms with Gasteiger partial charge in [-0.15, -0.1) is 0 Å². The summed E-state index contributed by atoms with van der Waals surface area (Å²) in [5.41, 5.74) is 6.65. The Hall–Kier alpha value is -6.18. The van der Waals surface area contributed by atoms with Gasteiger partial charge >= 0.3 is 12.1 Å². The van der Waals surface area contributed by atoms with Crippen LogP contribution in [0.4, 0.5) is 4.79 Å². The average Bonchev–Trinajstić information content (AvgIpc) is 3.53. The third-order valence-electron chi connectivity index (χ3n) is 9.47. The topological polar surface area (TPSA) is 83.1 Å². The SMILES string of the molecule is COc1ccc(COC(=O)[C@H](COC(c2ccccc2)(c2ccccc2)c2ccccc2)NC(=O)OCC2c3ccccc3-c3ccccc32)cc1. The van der Waals surface area contributed by atoms with Crippen molar-refractivity contribution >= 4 is 12.1 Å². The normalized spacial score (nSPS) is 12.6. The maximum atomic E-state index is 13.9. The van der Waals surface area contributed by atoms with Gasteiger partial charge < -0.3 is 24.3 Å². The molecular weight excluding hydrogens is 650 g/mol. The molecule has 7 heteroatoms. The fraction of sp³-hybridized carbons (Fsp3) is 0.156. The molecule has 6 aromatic carbocycles. The number of carbonyl (C=O) groups is 2. The molecule has 7 rings (SSSR count). The first kappa shape index (κ1) is 34.3. The fourth-order valence-corrected chi connectivity index (χ4v) is 6.90. The van der Waals surface area contributed by atoms with E-state index in [0.29, 0.717) is 5.75 Å². The summed E-state index contributed by atoms with van der Waals surface area (Å²) in [4.78, 5) is 27.5. The third-order valence-corrected chi connectivity index (χ3v) is 9.47. The molecule has 0 saturated heterocycles. The Morgan fingerprint density at radius 1 is 0.615 bits per heavy atom. The molecule has 7 nitrogen and oxygen atoms in total. The zero-order chi connectivity index (χ0) is 35.8. The number of benzene rings is 6. The highest BCUT2D eigenvalue weighted by Gasteiger charge is 2.39. The predicted molar refractivity (Wildman–Crippen MR) is 200 cm³/mol. The number of ether oxygens (including phenoxy) is 4. The van der Waals surface area contributed by atoms with Crippen LogP contribution >= 0.6 is 0 Å². The van der Waals surface area contributed by atoms with Crippen molar-refractivity contribution in [2.75, 3.05) is 20.3 Å². The summed E-state index contributed by atoms with van der Waals surface area (Å²) in [5, 5.41) is 2.79. The van der Waals surface area contributed by atoms with E-state index in [1.165, 1.54) is 0 Å². The monoisotopic (exact) mass is 689 g/mol. The van der Waals surface area contributed by atoms with E-state index in [0.717, 1.165) is 44.5 Å². The number of amides is 1. The van der Waals surface area contributed by atoms with Gasteiger partial charge in [0.05, 0.1) is 13.7 Å². The van der Waals surface area contributed by atoms with E-state index < -0.39 is 23.7 Å². The Balaban J connectivity index is 1.16. The van der Waals surface area contributed by atoms with E-state index in [1.54, 1.807) is 19.2 Å². The fourth-order valence-electron chi connectivity index (χ4n) is 6.90. The second-order valence-electron chi connectivity index (χ2n) is 12.6. The standard InChI is InChI=1S/C45H39NO6/c1-49-36-27-25-32(26-28-36)29-50-43(47)42(46-44(48)51-30-41-39-23-13-11-21-37(39)38-22-12-14-24-40(38)41)31-52-45(33-15-5-2-6-16-33,34-17-7-3-8-18-34)35-19-9-4-10-20-35/h2-28,41-42H,29-31H2,1H3,(H,46,48)/t42-/m0/s1. The Labute approximate surface area is 303 Å². The van der Waals surface area contributed by atoms with E-state index in [2.05, 4.69) is 29.6 Å². The van der Waals surface area contributed by atoms with Gasteiger partial charge in [0.15, 0.2) is 6.04 Å². The molecule has 52 heavy (non-hydrogen) atoms. The molecule has 0 aliphatic heterocycles. The zero-order valence-electron chi connectivity index (χ0n) is 28.8. The first-order valence-corrected chi connectivity index (χ1v) is 17.3. The summed E-state index contributed by atoms with van der Waals surface area (Å²) in [6.07, 6.45) is -0.749. The van der Waals surface area contributed by atoms with E-state index in [4.69, 9.17) is 18.9 Å². The van der Waals surface area contributed by atoms with Crippen LogP contribution in [-0.4, -0.2) is 38.4 Å². The van der Waals surface area contributed by atoms with Crippen LogP contribution in [-0.2, 0) is 31.2 Å². The predicted octanol–water partition coefficient (Wildman–Crippen LogP) is 8.65. The molecule has 0 radical (unpaired) electrons. The minimum absolute atomic E-state index is 0.00705. The molecule has 1 aliphatic rings. The molecule has 1 N–H and O–H groups in total. The van der Waals surface area contributed by atoms with Crippen molar-refractivity contribution in [2.24, 2.45) is 0 Å². The number of alkyl carbamates (subject to hydrolysis) is 1. The van der Waals surface area contributed by atoms with Gasteiger partial charge in [-0.3, -0.25) is 0 Å². The van der Waals surface area contributed by atoms with Crippen molar-refractivity contribution in [3.05, 3.63) is 197 Å². The summed E-state index contributed by atoms with van der Waals surface area (Å²) in [5.74, 6) is -0.110. The molecule has 0 aromatic heterocycles. The smallest absolute Gasteiger partial charge is 0.407 e. The van der Waals surface area contributed by atoms with Crippen LogP contribution in [0.3, 0.4) is 0 Å². The van der Waals surface area contributed by atoms with Gasteiger partial charge in [0, 0.05) is 5.92 Å². The van der Waals surface area contributed by atoms with Crippen molar-refractivity contribution in [3.8, 4) is 16.9 Å². The molecule has 260 valence electrons. The molecule has 1 aliphatic carbocycles. The first-order valence-electron chi connectivity index (χ1n) is 17.3. The lowest BCUT2D eigenvalue weighted by molar-refractivity contribution is -0.150. The van der Waals surface area contributed by atoms with E-state index in [1.807, 2.05) is 127 Å². The molecule has 0 spiro atoms. The maximum Gasteiger partial charge on any atom is 0.407 e. The van der Waals surface area contributed by atoms with Gasteiger partial charge in [-0.1, -0.05) is 152 Å². The zero-order valence-corrected chi connectivity index (χ0v) is 28.8. The Morgan fingerprint density at radius 2 is 1.10 bits per heavy atom. The maximum absolute atomic E-state index is 13.9. The number of hydrogen-bond acceptors (Lipinski definition) is 6. The lowest BCUT2D eigenvalue weighted by atomic mass is 9.80. The summed E-state index contributed by atoms with van der Waals surface area (Å²) in [7, 11) is 1.59. The Bertz CT molecular complexity index is 1960. The molecule has 6 aromatic rings. The number of hydrogen-bond donors (Lipinski definition) is 1. The number of esters is 1. The highest BCUT2D eigenvalue weighted by Crippen LogP contribution is 2.44. The number of nitrogens with one attached hydrogen (secondary N) is 1. The number of rotatable bonds is 13. The highest BCUT2D eigenvalue weighted by atomic mass is 16.6. The van der Waals surface area contributed by atoms with Crippen LogP contribution in [0.5, 0.6) is 5.75 Å². The van der Waals surface area contributed by atoms with Crippen molar-refractivity contribution in [2.45, 2.75) is 24.2 Å². The second-order valence-corrected chi connectivity index (χ2v) is 12.6. The van der Waals surface area contributed by atoms with Crippen molar-refractivity contribution < 1.29 is 28.5 Å². The van der Waals surface area contributed by atoms with Crippen molar-refractivity contribution in [1.82, 2.24) is 5.32 Å². The molecule has 0 unspecified atom stereocenters. The van der Waals surface area contributed by atoms with Crippen LogP contribution in [0, 0.1) is 0 Å². The van der Waals surface area contributed by atoms with Crippen LogP contribution in [0.15, 0.2) is 164 Å². The van der Waals surface area contributed by atoms with Gasteiger partial charge in [-0.05, 0) is 56.6 Å². The quantitative estimate of drug-likeness (QED) is 0.0966. The van der Waals surface area contributed by atoms with Gasteiger partial charge in [0.25, 0.3) is 0 Å². The van der Waals surface area contributed by atoms with Crippen molar-refractivity contribution in [1.29, 1.82) is 0 Å². The summed E-state index contributed by atoms with van der Waals surface area (Å²) in [6.45, 7) is -0.131. The second kappa shape index (κ2) is 15.8. The van der Waals surface area contributed by atoms with E-state index >= 15 is 0 Å². The van der Waals surface area contributed by atoms with Crippen molar-refractivity contribution in [3.63, 3.8) is 0 Å². The molecule has 1 amide bonds. The average molecular weight is 690 g/mol. The minimum Gasteiger partial charge on any atom is -0.497 e. The molecule has 0 fully saturated rings. The molecule has 1 atom stereocenters. The van der Waals surface area contributed by atoms with Gasteiger partial charge in [0.1, 0.15) is 24.6 Å². The minimum atomic E-state index is -1.20. The lowest BCUT2D eigenvalue weighted by Crippen LogP contribution is -2.47. The summed E-state index contributed by atoms with van der Waals surface area (Å²) in [6, 6.07) is 51.8. The Kier molecular flexibility index (Phi) is 10.4. The van der Waals surface area contributed by atoms with Gasteiger partial charge in [0.2, 0.25) is 0 Å². The largest absolute Gasteiger partial charge is 0.497 e. The summed E-state index contributed by atoms with van der Waals surface area (Å²) < 4.78 is 23.9. The molecule has 0 heterocycles. The van der Waals surface area contributed by atoms with Crippen LogP contribution in [0.1, 0.15) is 39.3 Å². The van der Waals surface area contributed by atoms with Gasteiger partial charge in [-0.2, -0.15) is 0 Å². The van der Waals surface area contributed by atoms with E-state index in [-0.39, 0.29) is 25.7 Å². The summed E-state index contributed by atoms with van der Waals surface area (Å²) >= 11 is 0. The molecular formula is C45H39NO6. The van der Waals surface area contributed by atoms with Gasteiger partial charge in [-0.25, -0.2) is 9.59 Å². The van der Waals surface area contributed by atoms with Crippen LogP contribution < -0.4 is 10.1 Å². The lowest BCUT2D eigenvalue weighted by Gasteiger charge is -2.37. The number of carbonyl (C=O) groups excluding carboxylic acids is 2. The number of fused-ring (bicyclic) bond motifs is 3. The first-order chi connectivity index (χ1) is 25.6. The molecule has 0 saturated carbocycles. The van der Waals surface area contributed by atoms with Crippen LogP contribution in [0.25, 0.3) is 11.1 Å².